The van der Waals surface area contributed by atoms with Gasteiger partial charge in [0.05, 0.1) is 5.69 Å². The lowest BCUT2D eigenvalue weighted by Gasteiger charge is -2.26. The molecule has 0 spiro atoms. The molecule has 1 aromatic rings. The lowest BCUT2D eigenvalue weighted by molar-refractivity contribution is -0.122. The molecule has 0 radical (unpaired) electrons. The summed E-state index contributed by atoms with van der Waals surface area (Å²) in [7, 11) is 0. The van der Waals surface area contributed by atoms with Crippen molar-refractivity contribution in [3.8, 4) is 5.75 Å². The number of hydrogen-bond donors (Lipinski definition) is 1. The first-order valence-corrected chi connectivity index (χ1v) is 7.21. The monoisotopic (exact) mass is 259 g/mol. The fourth-order valence-electron chi connectivity index (χ4n) is 3.47. The lowest BCUT2D eigenvalue weighted by atomic mass is 10.0. The van der Waals surface area contributed by atoms with Gasteiger partial charge in [-0.1, -0.05) is 6.07 Å². The van der Waals surface area contributed by atoms with E-state index >= 15 is 0 Å². The summed E-state index contributed by atoms with van der Waals surface area (Å²) in [5.41, 5.74) is 1.89. The van der Waals surface area contributed by atoms with Crippen LogP contribution in [0.15, 0.2) is 18.2 Å². The second-order valence-corrected chi connectivity index (χ2v) is 5.98. The second-order valence-electron chi connectivity index (χ2n) is 5.98. The number of carbonyl (C=O) groups excluding carboxylic acids is 1. The molecule has 2 aliphatic rings. The van der Waals surface area contributed by atoms with Crippen LogP contribution >= 0.6 is 0 Å². The van der Waals surface area contributed by atoms with Gasteiger partial charge in [-0.25, -0.2) is 0 Å². The third-order valence-corrected chi connectivity index (χ3v) is 4.66. The molecular weight excluding hydrogens is 238 g/mol. The minimum Gasteiger partial charge on any atom is -0.508 e. The number of aromatic hydroxyl groups is 1. The molecule has 2 unspecified atom stereocenters. The summed E-state index contributed by atoms with van der Waals surface area (Å²) >= 11 is 0. The molecule has 102 valence electrons. The molecular formula is C16H21NO2. The van der Waals surface area contributed by atoms with Crippen molar-refractivity contribution < 1.29 is 9.90 Å². The van der Waals surface area contributed by atoms with E-state index in [1.54, 1.807) is 12.1 Å². The fourth-order valence-corrected chi connectivity index (χ4v) is 3.47. The van der Waals surface area contributed by atoms with Gasteiger partial charge >= 0.3 is 0 Å². The zero-order valence-electron chi connectivity index (χ0n) is 11.6. The Morgan fingerprint density at radius 2 is 2.00 bits per heavy atom. The molecule has 3 heteroatoms. The first-order valence-electron chi connectivity index (χ1n) is 7.21. The number of anilines is 1. The van der Waals surface area contributed by atoms with Crippen LogP contribution < -0.4 is 4.90 Å². The number of phenols is 1. The predicted molar refractivity (Wildman–Crippen MR) is 75.2 cm³/mol. The number of phenolic OH excluding ortho intramolecular Hbond substituents is 1. The van der Waals surface area contributed by atoms with E-state index in [-0.39, 0.29) is 17.6 Å². The first kappa shape index (κ1) is 12.5. The zero-order chi connectivity index (χ0) is 13.6. The van der Waals surface area contributed by atoms with E-state index in [2.05, 4.69) is 0 Å². The van der Waals surface area contributed by atoms with Gasteiger partial charge in [-0.05, 0) is 56.6 Å². The highest BCUT2D eigenvalue weighted by molar-refractivity contribution is 5.96. The van der Waals surface area contributed by atoms with Gasteiger partial charge in [-0.15, -0.1) is 0 Å². The average Bonchev–Trinajstić information content (AvgIpc) is 3.01. The summed E-state index contributed by atoms with van der Waals surface area (Å²) in [4.78, 5) is 14.5. The highest BCUT2D eigenvalue weighted by Gasteiger charge is 2.48. The van der Waals surface area contributed by atoms with Gasteiger partial charge in [0.25, 0.3) is 0 Å². The fraction of sp³-hybridized carbons (Fsp3) is 0.562. The van der Waals surface area contributed by atoms with Gasteiger partial charge in [0.15, 0.2) is 0 Å². The topological polar surface area (TPSA) is 40.5 Å². The Labute approximate surface area is 114 Å². The Morgan fingerprint density at radius 3 is 2.63 bits per heavy atom. The van der Waals surface area contributed by atoms with Crippen LogP contribution in [0.1, 0.15) is 31.7 Å². The number of amides is 1. The number of carbonyl (C=O) groups is 1. The summed E-state index contributed by atoms with van der Waals surface area (Å²) in [5.74, 6) is 2.30. The average molecular weight is 259 g/mol. The van der Waals surface area contributed by atoms with Crippen molar-refractivity contribution >= 4 is 11.6 Å². The maximum absolute atomic E-state index is 12.7. The maximum Gasteiger partial charge on any atom is 0.230 e. The van der Waals surface area contributed by atoms with Crippen LogP contribution in [-0.4, -0.2) is 17.6 Å². The Morgan fingerprint density at radius 1 is 1.32 bits per heavy atom. The van der Waals surface area contributed by atoms with Crippen molar-refractivity contribution in [3.63, 3.8) is 0 Å². The van der Waals surface area contributed by atoms with E-state index in [0.717, 1.165) is 35.9 Å². The zero-order valence-corrected chi connectivity index (χ0v) is 11.6. The van der Waals surface area contributed by atoms with Crippen LogP contribution in [0.4, 0.5) is 5.69 Å². The standard InChI is InChI=1S/C16H21NO2/c1-3-17(15-9-14(18)5-4-10(15)2)16(19)13-7-11-6-12(11)8-13/h4-5,9,11-13,18H,3,6-8H2,1-2H3. The molecule has 1 amide bonds. The molecule has 0 aliphatic heterocycles. The lowest BCUT2D eigenvalue weighted by Crippen LogP contribution is -2.36. The van der Waals surface area contributed by atoms with Gasteiger partial charge in [0.2, 0.25) is 5.91 Å². The van der Waals surface area contributed by atoms with Gasteiger partial charge < -0.3 is 10.0 Å². The molecule has 3 nitrogen and oxygen atoms in total. The molecule has 0 heterocycles. The van der Waals surface area contributed by atoms with Gasteiger partial charge in [-0.3, -0.25) is 4.79 Å². The number of aryl methyl sites for hydroxylation is 1. The molecule has 1 N–H and O–H groups in total. The smallest absolute Gasteiger partial charge is 0.230 e. The van der Waals surface area contributed by atoms with Gasteiger partial charge in [0.1, 0.15) is 5.75 Å². The Bertz CT molecular complexity index is 501. The molecule has 2 fully saturated rings. The molecule has 2 atom stereocenters. The van der Waals surface area contributed by atoms with Crippen molar-refractivity contribution in [1.29, 1.82) is 0 Å². The van der Waals surface area contributed by atoms with E-state index in [1.807, 2.05) is 24.8 Å². The number of benzene rings is 1. The quantitative estimate of drug-likeness (QED) is 0.906. The summed E-state index contributed by atoms with van der Waals surface area (Å²) in [5, 5.41) is 9.64. The van der Waals surface area contributed by atoms with Crippen molar-refractivity contribution in [2.24, 2.45) is 17.8 Å². The van der Waals surface area contributed by atoms with Crippen LogP contribution in [0.25, 0.3) is 0 Å². The minimum atomic E-state index is 0.199. The van der Waals surface area contributed by atoms with E-state index < -0.39 is 0 Å². The SMILES string of the molecule is CCN(C(=O)C1CC2CC2C1)c1cc(O)ccc1C. The third kappa shape index (κ3) is 2.22. The molecule has 2 aliphatic carbocycles. The Balaban J connectivity index is 1.83. The van der Waals surface area contributed by atoms with Crippen LogP contribution in [0, 0.1) is 24.7 Å². The first-order chi connectivity index (χ1) is 9.10. The minimum absolute atomic E-state index is 0.199. The summed E-state index contributed by atoms with van der Waals surface area (Å²) in [6.45, 7) is 4.64. The van der Waals surface area contributed by atoms with E-state index in [9.17, 15) is 9.90 Å². The van der Waals surface area contributed by atoms with E-state index in [1.165, 1.54) is 6.42 Å². The van der Waals surface area contributed by atoms with Crippen molar-refractivity contribution in [1.82, 2.24) is 0 Å². The number of hydrogen-bond acceptors (Lipinski definition) is 2. The second kappa shape index (κ2) is 4.55. The number of nitrogens with zero attached hydrogens (tertiary/aromatic N) is 1. The van der Waals surface area contributed by atoms with Crippen LogP contribution in [0.5, 0.6) is 5.75 Å². The van der Waals surface area contributed by atoms with Gasteiger partial charge in [-0.2, -0.15) is 0 Å². The van der Waals surface area contributed by atoms with Crippen LogP contribution in [0.3, 0.4) is 0 Å². The van der Waals surface area contributed by atoms with Crippen LogP contribution in [-0.2, 0) is 4.79 Å². The van der Waals surface area contributed by atoms with Crippen molar-refractivity contribution in [3.05, 3.63) is 23.8 Å². The summed E-state index contributed by atoms with van der Waals surface area (Å²) in [6.07, 6.45) is 3.47. The highest BCUT2D eigenvalue weighted by atomic mass is 16.3. The highest BCUT2D eigenvalue weighted by Crippen LogP contribution is 2.54. The third-order valence-electron chi connectivity index (χ3n) is 4.66. The van der Waals surface area contributed by atoms with Crippen LogP contribution in [0.2, 0.25) is 0 Å². The van der Waals surface area contributed by atoms with Gasteiger partial charge in [0, 0.05) is 18.5 Å². The number of fused-ring (bicyclic) bond motifs is 1. The Hall–Kier alpha value is -1.51. The number of rotatable bonds is 3. The molecule has 0 bridgehead atoms. The van der Waals surface area contributed by atoms with Crippen molar-refractivity contribution in [2.75, 3.05) is 11.4 Å². The van der Waals surface area contributed by atoms with Crippen molar-refractivity contribution in [2.45, 2.75) is 33.1 Å². The van der Waals surface area contributed by atoms with E-state index in [0.29, 0.717) is 6.54 Å². The maximum atomic E-state index is 12.7. The molecule has 19 heavy (non-hydrogen) atoms. The summed E-state index contributed by atoms with van der Waals surface area (Å²) in [6, 6.07) is 5.24. The van der Waals surface area contributed by atoms with E-state index in [4.69, 9.17) is 0 Å². The molecule has 0 aromatic heterocycles. The molecule has 1 aromatic carbocycles. The molecule has 0 saturated heterocycles. The largest absolute Gasteiger partial charge is 0.508 e. The molecule has 2 saturated carbocycles. The summed E-state index contributed by atoms with van der Waals surface area (Å²) < 4.78 is 0. The predicted octanol–water partition coefficient (Wildman–Crippen LogP) is 3.10. The molecule has 3 rings (SSSR count). The Kier molecular flexibility index (Phi) is 3.00. The normalized spacial score (nSPS) is 28.0.